The van der Waals surface area contributed by atoms with Crippen LogP contribution in [0.2, 0.25) is 0 Å². The summed E-state index contributed by atoms with van der Waals surface area (Å²) in [6.07, 6.45) is 1.03. The van der Waals surface area contributed by atoms with Crippen LogP contribution in [0, 0.1) is 0 Å². The van der Waals surface area contributed by atoms with Crippen LogP contribution in [0.3, 0.4) is 0 Å². The van der Waals surface area contributed by atoms with Gasteiger partial charge >= 0.3 is 11.6 Å². The highest BCUT2D eigenvalue weighted by atomic mass is 16.5. The molecule has 2 aromatic rings. The lowest BCUT2D eigenvalue weighted by Gasteiger charge is -2.03. The number of hydrogen-bond acceptors (Lipinski definition) is 5. The second-order valence-electron chi connectivity index (χ2n) is 3.83. The number of ether oxygens (including phenoxy) is 1. The van der Waals surface area contributed by atoms with Crippen LogP contribution >= 0.6 is 0 Å². The van der Waals surface area contributed by atoms with E-state index in [-0.39, 0.29) is 22.7 Å². The number of carbonyl (C=O) groups is 2. The number of rotatable bonds is 3. The third kappa shape index (κ3) is 2.60. The molecule has 1 aromatic carbocycles. The number of fused-ring (bicyclic) bond motifs is 1. The lowest BCUT2D eigenvalue weighted by molar-refractivity contribution is -0.128. The molecule has 0 unspecified atom stereocenters. The molecule has 0 amide bonds. The fraction of sp³-hybridized carbons (Fsp3) is 0.0714. The topological polar surface area (TPSA) is 73.6 Å². The Bertz CT molecular complexity index is 739. The molecular formula is C14H10O5. The number of hydrogen-bond donors (Lipinski definition) is 0. The zero-order valence-corrected chi connectivity index (χ0v) is 10.1. The van der Waals surface area contributed by atoms with Gasteiger partial charge in [0.05, 0.1) is 0 Å². The van der Waals surface area contributed by atoms with Gasteiger partial charge in [0.15, 0.2) is 5.78 Å². The minimum atomic E-state index is -0.716. The van der Waals surface area contributed by atoms with Crippen molar-refractivity contribution in [2.75, 3.05) is 0 Å². The summed E-state index contributed by atoms with van der Waals surface area (Å²) in [6.45, 7) is 4.57. The summed E-state index contributed by atoms with van der Waals surface area (Å²) in [5.41, 5.74) is -0.486. The van der Waals surface area contributed by atoms with Crippen LogP contribution in [0.1, 0.15) is 17.3 Å². The van der Waals surface area contributed by atoms with E-state index in [1.54, 1.807) is 6.07 Å². The molecule has 0 fully saturated rings. The van der Waals surface area contributed by atoms with Crippen molar-refractivity contribution in [3.63, 3.8) is 0 Å². The molecule has 0 bridgehead atoms. The summed E-state index contributed by atoms with van der Waals surface area (Å²) in [6, 6.07) is 5.98. The lowest BCUT2D eigenvalue weighted by atomic mass is 10.1. The summed E-state index contributed by atoms with van der Waals surface area (Å²) >= 11 is 0. The van der Waals surface area contributed by atoms with Crippen molar-refractivity contribution in [1.82, 2.24) is 0 Å². The Hall–Kier alpha value is -2.69. The molecule has 1 aromatic heterocycles. The van der Waals surface area contributed by atoms with E-state index >= 15 is 0 Å². The van der Waals surface area contributed by atoms with Gasteiger partial charge in [0.1, 0.15) is 16.9 Å². The van der Waals surface area contributed by atoms with Gasteiger partial charge in [-0.25, -0.2) is 9.59 Å². The first-order chi connectivity index (χ1) is 9.01. The maximum absolute atomic E-state index is 11.6. The highest BCUT2D eigenvalue weighted by Crippen LogP contribution is 2.20. The molecule has 96 valence electrons. The molecule has 0 aliphatic rings. The van der Waals surface area contributed by atoms with Crippen molar-refractivity contribution in [2.45, 2.75) is 6.92 Å². The van der Waals surface area contributed by atoms with Gasteiger partial charge in [0.25, 0.3) is 0 Å². The summed E-state index contributed by atoms with van der Waals surface area (Å²) in [7, 11) is 0. The molecule has 0 radical (unpaired) electrons. The number of esters is 1. The molecule has 0 aliphatic heterocycles. The predicted octanol–water partition coefficient (Wildman–Crippen LogP) is 2.09. The smallest absolute Gasteiger partial charge is 0.347 e. The van der Waals surface area contributed by atoms with Crippen molar-refractivity contribution >= 4 is 22.7 Å². The molecule has 0 atom stereocenters. The van der Waals surface area contributed by atoms with Crippen molar-refractivity contribution in [3.05, 3.63) is 52.9 Å². The van der Waals surface area contributed by atoms with Crippen molar-refractivity contribution in [1.29, 1.82) is 0 Å². The SMILES string of the molecule is C=CC(=O)Oc1ccc2cc(C(C)=O)c(=O)oc2c1. The van der Waals surface area contributed by atoms with Gasteiger partial charge < -0.3 is 9.15 Å². The minimum absolute atomic E-state index is 0.0108. The molecule has 5 heteroatoms. The third-order valence-corrected chi connectivity index (χ3v) is 2.47. The Morgan fingerprint density at radius 1 is 1.32 bits per heavy atom. The monoisotopic (exact) mass is 258 g/mol. The first kappa shape index (κ1) is 12.8. The Labute approximate surface area is 108 Å². The fourth-order valence-corrected chi connectivity index (χ4v) is 1.56. The van der Waals surface area contributed by atoms with Gasteiger partial charge in [-0.3, -0.25) is 4.79 Å². The maximum Gasteiger partial charge on any atom is 0.347 e. The lowest BCUT2D eigenvalue weighted by Crippen LogP contribution is -2.11. The standard InChI is InChI=1S/C14H10O5/c1-3-13(16)18-10-5-4-9-6-11(8(2)15)14(17)19-12(9)7-10/h3-7H,1H2,2H3. The largest absolute Gasteiger partial charge is 0.423 e. The van der Waals surface area contributed by atoms with Gasteiger partial charge in [-0.1, -0.05) is 6.58 Å². The number of ketones is 1. The van der Waals surface area contributed by atoms with E-state index < -0.39 is 11.6 Å². The number of carbonyl (C=O) groups excluding carboxylic acids is 2. The van der Waals surface area contributed by atoms with Crippen LogP contribution in [0.15, 0.2) is 46.1 Å². The molecule has 5 nitrogen and oxygen atoms in total. The fourth-order valence-electron chi connectivity index (χ4n) is 1.56. The predicted molar refractivity (Wildman–Crippen MR) is 68.3 cm³/mol. The van der Waals surface area contributed by atoms with Gasteiger partial charge in [-0.15, -0.1) is 0 Å². The summed E-state index contributed by atoms with van der Waals surface area (Å²) in [5, 5.41) is 0.572. The third-order valence-electron chi connectivity index (χ3n) is 2.47. The molecular weight excluding hydrogens is 248 g/mol. The van der Waals surface area contributed by atoms with Gasteiger partial charge in [-0.05, 0) is 25.1 Å². The molecule has 0 saturated heterocycles. The van der Waals surface area contributed by atoms with Crippen LogP contribution < -0.4 is 10.4 Å². The van der Waals surface area contributed by atoms with E-state index in [4.69, 9.17) is 9.15 Å². The van der Waals surface area contributed by atoms with E-state index in [0.29, 0.717) is 5.39 Å². The maximum atomic E-state index is 11.6. The second kappa shape index (κ2) is 4.89. The Morgan fingerprint density at radius 3 is 2.68 bits per heavy atom. The van der Waals surface area contributed by atoms with Crippen LogP contribution in [0.5, 0.6) is 5.75 Å². The normalized spacial score (nSPS) is 10.2. The Balaban J connectivity index is 2.53. The van der Waals surface area contributed by atoms with Gasteiger partial charge in [0.2, 0.25) is 0 Å². The van der Waals surface area contributed by atoms with Crippen LogP contribution in [-0.2, 0) is 4.79 Å². The summed E-state index contributed by atoms with van der Waals surface area (Å²) in [5.74, 6) is -0.740. The zero-order chi connectivity index (χ0) is 14.0. The highest BCUT2D eigenvalue weighted by Gasteiger charge is 2.10. The van der Waals surface area contributed by atoms with Crippen LogP contribution in [0.25, 0.3) is 11.0 Å². The molecule has 0 spiro atoms. The van der Waals surface area contributed by atoms with Crippen molar-refractivity contribution in [3.8, 4) is 5.75 Å². The summed E-state index contributed by atoms with van der Waals surface area (Å²) < 4.78 is 9.92. The van der Waals surface area contributed by atoms with Crippen LogP contribution in [-0.4, -0.2) is 11.8 Å². The Kier molecular flexibility index (Phi) is 3.29. The highest BCUT2D eigenvalue weighted by molar-refractivity contribution is 5.96. The van der Waals surface area contributed by atoms with E-state index in [1.165, 1.54) is 25.1 Å². The molecule has 0 saturated carbocycles. The zero-order valence-electron chi connectivity index (χ0n) is 10.1. The summed E-state index contributed by atoms with van der Waals surface area (Å²) in [4.78, 5) is 33.8. The van der Waals surface area contributed by atoms with E-state index in [1.807, 2.05) is 0 Å². The van der Waals surface area contributed by atoms with E-state index in [9.17, 15) is 14.4 Å². The molecule has 19 heavy (non-hydrogen) atoms. The molecule has 1 heterocycles. The minimum Gasteiger partial charge on any atom is -0.423 e. The molecule has 0 N–H and O–H groups in total. The van der Waals surface area contributed by atoms with Gasteiger partial charge in [0, 0.05) is 17.5 Å². The number of Topliss-reactive ketones (excluding diaryl/α,β-unsaturated/α-hetero) is 1. The molecule has 0 aliphatic carbocycles. The van der Waals surface area contributed by atoms with Crippen molar-refractivity contribution in [2.24, 2.45) is 0 Å². The first-order valence-electron chi connectivity index (χ1n) is 5.44. The quantitative estimate of drug-likeness (QED) is 0.277. The Morgan fingerprint density at radius 2 is 2.05 bits per heavy atom. The van der Waals surface area contributed by atoms with Crippen LogP contribution in [0.4, 0.5) is 0 Å². The van der Waals surface area contributed by atoms with Crippen molar-refractivity contribution < 1.29 is 18.7 Å². The van der Waals surface area contributed by atoms with E-state index in [2.05, 4.69) is 6.58 Å². The molecule has 2 rings (SSSR count). The average Bonchev–Trinajstić information content (AvgIpc) is 2.37. The number of benzene rings is 1. The first-order valence-corrected chi connectivity index (χ1v) is 5.44. The average molecular weight is 258 g/mol. The van der Waals surface area contributed by atoms with Gasteiger partial charge in [-0.2, -0.15) is 0 Å². The van der Waals surface area contributed by atoms with E-state index in [0.717, 1.165) is 6.08 Å². The second-order valence-corrected chi connectivity index (χ2v) is 3.83.